The van der Waals surface area contributed by atoms with Crippen LogP contribution >= 0.6 is 23.2 Å². The molecule has 0 spiro atoms. The first-order valence-electron chi connectivity index (χ1n) is 6.38. The van der Waals surface area contributed by atoms with Crippen molar-refractivity contribution in [2.75, 3.05) is 6.54 Å². The Kier molecular flexibility index (Phi) is 4.72. The molecule has 1 N–H and O–H groups in total. The van der Waals surface area contributed by atoms with Gasteiger partial charge in [-0.15, -0.1) is 0 Å². The van der Waals surface area contributed by atoms with Crippen molar-refractivity contribution in [2.45, 2.75) is 38.6 Å². The molecule has 0 aliphatic heterocycles. The molecular formula is C14H19Cl2N. The van der Waals surface area contributed by atoms with E-state index in [1.165, 1.54) is 19.3 Å². The van der Waals surface area contributed by atoms with Crippen molar-refractivity contribution < 1.29 is 0 Å². The zero-order chi connectivity index (χ0) is 12.3. The van der Waals surface area contributed by atoms with Crippen LogP contribution < -0.4 is 5.32 Å². The molecule has 0 radical (unpaired) electrons. The molecule has 17 heavy (non-hydrogen) atoms. The van der Waals surface area contributed by atoms with Crippen LogP contribution in [0.4, 0.5) is 0 Å². The number of benzene rings is 1. The molecule has 94 valence electrons. The average Bonchev–Trinajstić information content (AvgIpc) is 2.21. The highest BCUT2D eigenvalue weighted by Crippen LogP contribution is 2.33. The van der Waals surface area contributed by atoms with E-state index in [9.17, 15) is 0 Å². The van der Waals surface area contributed by atoms with Gasteiger partial charge in [-0.1, -0.05) is 42.6 Å². The minimum Gasteiger partial charge on any atom is -0.314 e. The van der Waals surface area contributed by atoms with E-state index in [0.29, 0.717) is 6.04 Å². The molecule has 0 amide bonds. The Balaban J connectivity index is 2.10. The molecule has 1 fully saturated rings. The van der Waals surface area contributed by atoms with Crippen molar-refractivity contribution >= 4 is 23.2 Å². The molecule has 1 atom stereocenters. The van der Waals surface area contributed by atoms with E-state index in [4.69, 9.17) is 23.2 Å². The van der Waals surface area contributed by atoms with Gasteiger partial charge in [-0.05, 0) is 49.4 Å². The summed E-state index contributed by atoms with van der Waals surface area (Å²) in [6.07, 6.45) is 4.97. The maximum Gasteiger partial charge on any atom is 0.0453 e. The van der Waals surface area contributed by atoms with Gasteiger partial charge in [0, 0.05) is 16.1 Å². The monoisotopic (exact) mass is 271 g/mol. The molecular weight excluding hydrogens is 253 g/mol. The summed E-state index contributed by atoms with van der Waals surface area (Å²) in [7, 11) is 0. The van der Waals surface area contributed by atoms with Gasteiger partial charge in [0.25, 0.3) is 0 Å². The van der Waals surface area contributed by atoms with Crippen LogP contribution in [0.2, 0.25) is 10.0 Å². The van der Waals surface area contributed by atoms with Gasteiger partial charge >= 0.3 is 0 Å². The fraction of sp³-hybridized carbons (Fsp3) is 0.571. The van der Waals surface area contributed by atoms with Crippen LogP contribution in [0.25, 0.3) is 0 Å². The topological polar surface area (TPSA) is 12.0 Å². The molecule has 0 saturated heterocycles. The van der Waals surface area contributed by atoms with Crippen LogP contribution in [0.1, 0.15) is 31.7 Å². The lowest BCUT2D eigenvalue weighted by Gasteiger charge is -2.34. The minimum atomic E-state index is 0.520. The summed E-state index contributed by atoms with van der Waals surface area (Å²) < 4.78 is 0. The first-order chi connectivity index (χ1) is 8.22. The Labute approximate surface area is 114 Å². The highest BCUT2D eigenvalue weighted by Gasteiger charge is 2.27. The quantitative estimate of drug-likeness (QED) is 0.842. The van der Waals surface area contributed by atoms with Gasteiger partial charge in [-0.3, -0.25) is 0 Å². The predicted octanol–water partition coefficient (Wildman–Crippen LogP) is 4.31. The van der Waals surface area contributed by atoms with Crippen LogP contribution in [0.15, 0.2) is 18.2 Å². The lowest BCUT2D eigenvalue weighted by molar-refractivity contribution is 0.229. The molecule has 0 bridgehead atoms. The van der Waals surface area contributed by atoms with Crippen molar-refractivity contribution in [1.29, 1.82) is 0 Å². The van der Waals surface area contributed by atoms with E-state index in [-0.39, 0.29) is 0 Å². The molecule has 1 aliphatic carbocycles. The molecule has 1 nitrogen and oxygen atoms in total. The Hall–Kier alpha value is -0.240. The summed E-state index contributed by atoms with van der Waals surface area (Å²) in [4.78, 5) is 0. The molecule has 1 unspecified atom stereocenters. The third-order valence-corrected chi connectivity index (χ3v) is 4.38. The average molecular weight is 272 g/mol. The zero-order valence-corrected chi connectivity index (χ0v) is 11.7. The Morgan fingerprint density at radius 3 is 2.41 bits per heavy atom. The van der Waals surface area contributed by atoms with E-state index < -0.39 is 0 Å². The van der Waals surface area contributed by atoms with Gasteiger partial charge in [0.05, 0.1) is 0 Å². The summed E-state index contributed by atoms with van der Waals surface area (Å²) in [5, 5.41) is 5.15. The van der Waals surface area contributed by atoms with Gasteiger partial charge in [0.2, 0.25) is 0 Å². The first kappa shape index (κ1) is 13.2. The summed E-state index contributed by atoms with van der Waals surface area (Å²) >= 11 is 12.5. The van der Waals surface area contributed by atoms with Crippen molar-refractivity contribution in [3.8, 4) is 0 Å². The number of rotatable bonds is 5. The minimum absolute atomic E-state index is 0.520. The molecule has 1 aromatic rings. The molecule has 1 saturated carbocycles. The zero-order valence-electron chi connectivity index (χ0n) is 10.2. The second-order valence-electron chi connectivity index (χ2n) is 4.76. The van der Waals surface area contributed by atoms with Gasteiger partial charge in [-0.25, -0.2) is 0 Å². The van der Waals surface area contributed by atoms with E-state index in [2.05, 4.69) is 12.2 Å². The van der Waals surface area contributed by atoms with Crippen molar-refractivity contribution in [3.63, 3.8) is 0 Å². The number of nitrogens with one attached hydrogen (secondary N) is 1. The fourth-order valence-corrected chi connectivity index (χ4v) is 3.01. The molecule has 1 aliphatic rings. The largest absolute Gasteiger partial charge is 0.314 e. The molecule has 0 heterocycles. The molecule has 1 aromatic carbocycles. The highest BCUT2D eigenvalue weighted by atomic mass is 35.5. The molecule has 0 aromatic heterocycles. The normalized spacial score (nSPS) is 17.8. The van der Waals surface area contributed by atoms with Crippen LogP contribution in [0.3, 0.4) is 0 Å². The summed E-state index contributed by atoms with van der Waals surface area (Å²) in [6.45, 7) is 3.16. The van der Waals surface area contributed by atoms with Crippen LogP contribution in [0, 0.1) is 5.92 Å². The standard InChI is InChI=1S/C14H19Cl2N/c1-2-17-14(10-5-3-6-10)9-11-12(15)7-4-8-13(11)16/h4,7-8,10,14,17H,2-3,5-6,9H2,1H3. The number of hydrogen-bond acceptors (Lipinski definition) is 1. The van der Waals surface area contributed by atoms with Crippen LogP contribution in [0.5, 0.6) is 0 Å². The van der Waals surface area contributed by atoms with E-state index >= 15 is 0 Å². The third kappa shape index (κ3) is 3.15. The highest BCUT2D eigenvalue weighted by molar-refractivity contribution is 6.36. The maximum absolute atomic E-state index is 6.23. The summed E-state index contributed by atoms with van der Waals surface area (Å²) in [6, 6.07) is 6.27. The Morgan fingerprint density at radius 1 is 1.29 bits per heavy atom. The van der Waals surface area contributed by atoms with Gasteiger partial charge in [0.1, 0.15) is 0 Å². The maximum atomic E-state index is 6.23. The van der Waals surface area contributed by atoms with Crippen LogP contribution in [-0.2, 0) is 6.42 Å². The number of hydrogen-bond donors (Lipinski definition) is 1. The van der Waals surface area contributed by atoms with Crippen molar-refractivity contribution in [1.82, 2.24) is 5.32 Å². The van der Waals surface area contributed by atoms with Gasteiger partial charge in [0.15, 0.2) is 0 Å². The second-order valence-corrected chi connectivity index (χ2v) is 5.57. The summed E-state index contributed by atoms with van der Waals surface area (Å²) in [5.74, 6) is 0.794. The van der Waals surface area contributed by atoms with Gasteiger partial charge < -0.3 is 5.32 Å². The van der Waals surface area contributed by atoms with E-state index in [1.807, 2.05) is 18.2 Å². The first-order valence-corrected chi connectivity index (χ1v) is 7.14. The smallest absolute Gasteiger partial charge is 0.0453 e. The predicted molar refractivity (Wildman–Crippen MR) is 75.0 cm³/mol. The Bertz CT molecular complexity index is 354. The second kappa shape index (κ2) is 6.08. The fourth-order valence-electron chi connectivity index (χ4n) is 2.46. The number of halogens is 2. The Morgan fingerprint density at radius 2 is 1.94 bits per heavy atom. The van der Waals surface area contributed by atoms with Crippen LogP contribution in [-0.4, -0.2) is 12.6 Å². The molecule has 3 heteroatoms. The van der Waals surface area contributed by atoms with E-state index in [1.54, 1.807) is 0 Å². The third-order valence-electron chi connectivity index (χ3n) is 3.67. The summed E-state index contributed by atoms with van der Waals surface area (Å²) in [5.41, 5.74) is 1.09. The van der Waals surface area contributed by atoms with Crippen molar-refractivity contribution in [2.24, 2.45) is 5.92 Å². The number of likely N-dealkylation sites (N-methyl/N-ethyl adjacent to an activating group) is 1. The SMILES string of the molecule is CCNC(Cc1c(Cl)cccc1Cl)C1CCC1. The lowest BCUT2D eigenvalue weighted by atomic mass is 9.77. The van der Waals surface area contributed by atoms with Gasteiger partial charge in [-0.2, -0.15) is 0 Å². The molecule has 2 rings (SSSR count). The van der Waals surface area contributed by atoms with Crippen molar-refractivity contribution in [3.05, 3.63) is 33.8 Å². The van der Waals surface area contributed by atoms with E-state index in [0.717, 1.165) is 34.5 Å². The lowest BCUT2D eigenvalue weighted by Crippen LogP contribution is -2.41.